The minimum absolute atomic E-state index is 0.241. The molecule has 0 aromatic heterocycles. The highest BCUT2D eigenvalue weighted by molar-refractivity contribution is 5.81. The maximum atomic E-state index is 11.0. The van der Waals surface area contributed by atoms with Crippen molar-refractivity contribution in [2.75, 3.05) is 20.2 Å². The van der Waals surface area contributed by atoms with Crippen molar-refractivity contribution in [3.8, 4) is 0 Å². The summed E-state index contributed by atoms with van der Waals surface area (Å²) in [5.74, 6) is -0.241. The lowest BCUT2D eigenvalue weighted by atomic mass is 9.92. The summed E-state index contributed by atoms with van der Waals surface area (Å²) >= 11 is 0. The van der Waals surface area contributed by atoms with Gasteiger partial charge in [0.05, 0.1) is 6.61 Å². The predicted octanol–water partition coefficient (Wildman–Crippen LogP) is 1.59. The second-order valence-corrected chi connectivity index (χ2v) is 3.68. The number of likely N-dealkylation sites (N-methyl/N-ethyl adjacent to an activating group) is 1. The second-order valence-electron chi connectivity index (χ2n) is 3.68. The third-order valence-electron chi connectivity index (χ3n) is 2.63. The van der Waals surface area contributed by atoms with Crippen molar-refractivity contribution in [2.45, 2.75) is 32.2 Å². The Morgan fingerprint density at radius 1 is 1.57 bits per heavy atom. The van der Waals surface area contributed by atoms with Gasteiger partial charge in [0.15, 0.2) is 0 Å². The molecule has 0 atom stereocenters. The zero-order chi connectivity index (χ0) is 10.4. The Morgan fingerprint density at radius 3 is 2.79 bits per heavy atom. The predicted molar refractivity (Wildman–Crippen MR) is 56.0 cm³/mol. The Hall–Kier alpha value is -0.830. The Labute approximate surface area is 85.7 Å². The number of rotatable bonds is 5. The molecule has 0 spiro atoms. The molecule has 80 valence electrons. The van der Waals surface area contributed by atoms with E-state index in [-0.39, 0.29) is 5.97 Å². The Bertz CT molecular complexity index is 209. The number of carbonyl (C=O) groups excluding carboxylic acids is 1. The van der Waals surface area contributed by atoms with Crippen molar-refractivity contribution in [3.63, 3.8) is 0 Å². The summed E-state index contributed by atoms with van der Waals surface area (Å²) in [5.41, 5.74) is 0. The summed E-state index contributed by atoms with van der Waals surface area (Å²) in [4.78, 5) is 13.2. The van der Waals surface area contributed by atoms with Crippen molar-refractivity contribution < 1.29 is 9.53 Å². The molecular formula is C11H19NO2. The highest BCUT2D eigenvalue weighted by Gasteiger charge is 2.20. The Balaban J connectivity index is 2.14. The van der Waals surface area contributed by atoms with Crippen LogP contribution >= 0.6 is 0 Å². The zero-order valence-electron chi connectivity index (χ0n) is 9.03. The Morgan fingerprint density at radius 2 is 2.29 bits per heavy atom. The first kappa shape index (κ1) is 11.2. The summed E-state index contributed by atoms with van der Waals surface area (Å²) in [6.07, 6.45) is 7.32. The van der Waals surface area contributed by atoms with E-state index >= 15 is 0 Å². The monoisotopic (exact) mass is 197 g/mol. The van der Waals surface area contributed by atoms with Crippen LogP contribution < -0.4 is 0 Å². The molecule has 0 bridgehead atoms. The second kappa shape index (κ2) is 5.81. The smallest absolute Gasteiger partial charge is 0.330 e. The highest BCUT2D eigenvalue weighted by Crippen LogP contribution is 2.22. The van der Waals surface area contributed by atoms with Gasteiger partial charge in [0.1, 0.15) is 0 Å². The number of hydrogen-bond donors (Lipinski definition) is 0. The summed E-state index contributed by atoms with van der Waals surface area (Å²) in [7, 11) is 2.10. The number of carbonyl (C=O) groups is 1. The van der Waals surface area contributed by atoms with E-state index in [9.17, 15) is 4.79 Å². The fourth-order valence-electron chi connectivity index (χ4n) is 1.48. The van der Waals surface area contributed by atoms with Crippen LogP contribution in [0.25, 0.3) is 0 Å². The van der Waals surface area contributed by atoms with Crippen LogP contribution in [0.2, 0.25) is 0 Å². The quantitative estimate of drug-likeness (QED) is 0.495. The van der Waals surface area contributed by atoms with Gasteiger partial charge in [0.2, 0.25) is 0 Å². The van der Waals surface area contributed by atoms with Gasteiger partial charge in [-0.3, -0.25) is 4.90 Å². The molecule has 0 aromatic rings. The van der Waals surface area contributed by atoms with Crippen LogP contribution in [0.4, 0.5) is 0 Å². The SMILES string of the molecule is CCOC(=O)/C=C/CN(C)C1CCC1. The fourth-order valence-corrected chi connectivity index (χ4v) is 1.48. The first-order chi connectivity index (χ1) is 6.74. The third-order valence-corrected chi connectivity index (χ3v) is 2.63. The fraction of sp³-hybridized carbons (Fsp3) is 0.727. The highest BCUT2D eigenvalue weighted by atomic mass is 16.5. The molecule has 3 nitrogen and oxygen atoms in total. The van der Waals surface area contributed by atoms with Crippen molar-refractivity contribution in [3.05, 3.63) is 12.2 Å². The summed E-state index contributed by atoms with van der Waals surface area (Å²) in [6, 6.07) is 0.724. The standard InChI is InChI=1S/C11H19NO2/c1-3-14-11(13)8-5-9-12(2)10-6-4-7-10/h5,8,10H,3-4,6-7,9H2,1-2H3/b8-5+. The molecule has 1 saturated carbocycles. The molecular weight excluding hydrogens is 178 g/mol. The normalized spacial score (nSPS) is 17.4. The van der Waals surface area contributed by atoms with Crippen LogP contribution in [-0.4, -0.2) is 37.1 Å². The lowest BCUT2D eigenvalue weighted by Gasteiger charge is -2.33. The molecule has 0 aromatic carbocycles. The average Bonchev–Trinajstić information content (AvgIpc) is 2.01. The van der Waals surface area contributed by atoms with Crippen LogP contribution in [0.15, 0.2) is 12.2 Å². The maximum Gasteiger partial charge on any atom is 0.330 e. The van der Waals surface area contributed by atoms with Crippen LogP contribution in [0.3, 0.4) is 0 Å². The summed E-state index contributed by atoms with van der Waals surface area (Å²) in [6.45, 7) is 3.09. The number of esters is 1. The van der Waals surface area contributed by atoms with Gasteiger partial charge in [-0.15, -0.1) is 0 Å². The topological polar surface area (TPSA) is 29.5 Å². The lowest BCUT2D eigenvalue weighted by molar-refractivity contribution is -0.137. The van der Waals surface area contributed by atoms with Gasteiger partial charge in [-0.1, -0.05) is 12.5 Å². The van der Waals surface area contributed by atoms with Gasteiger partial charge >= 0.3 is 5.97 Å². The van der Waals surface area contributed by atoms with Crippen molar-refractivity contribution >= 4 is 5.97 Å². The van der Waals surface area contributed by atoms with Crippen LogP contribution in [0.1, 0.15) is 26.2 Å². The molecule has 0 N–H and O–H groups in total. The molecule has 1 aliphatic carbocycles. The number of ether oxygens (including phenoxy) is 1. The first-order valence-electron chi connectivity index (χ1n) is 5.27. The van der Waals surface area contributed by atoms with E-state index in [1.165, 1.54) is 25.3 Å². The van der Waals surface area contributed by atoms with E-state index < -0.39 is 0 Å². The first-order valence-corrected chi connectivity index (χ1v) is 5.27. The van der Waals surface area contributed by atoms with Crippen LogP contribution in [-0.2, 0) is 9.53 Å². The molecule has 0 radical (unpaired) electrons. The zero-order valence-corrected chi connectivity index (χ0v) is 9.03. The summed E-state index contributed by atoms with van der Waals surface area (Å²) in [5, 5.41) is 0. The molecule has 1 rings (SSSR count). The van der Waals surface area contributed by atoms with Crippen molar-refractivity contribution in [1.29, 1.82) is 0 Å². The minimum Gasteiger partial charge on any atom is -0.463 e. The van der Waals surface area contributed by atoms with E-state index in [4.69, 9.17) is 4.74 Å². The molecule has 0 heterocycles. The van der Waals surface area contributed by atoms with Crippen LogP contribution in [0, 0.1) is 0 Å². The van der Waals surface area contributed by atoms with Gasteiger partial charge in [-0.05, 0) is 26.8 Å². The molecule has 14 heavy (non-hydrogen) atoms. The number of nitrogens with zero attached hydrogens (tertiary/aromatic N) is 1. The molecule has 3 heteroatoms. The van der Waals surface area contributed by atoms with Crippen LogP contribution in [0.5, 0.6) is 0 Å². The van der Waals surface area contributed by atoms with Gasteiger partial charge in [0, 0.05) is 18.7 Å². The van der Waals surface area contributed by atoms with E-state index in [1.807, 2.05) is 13.0 Å². The molecule has 0 amide bonds. The van der Waals surface area contributed by atoms with E-state index in [0.717, 1.165) is 12.6 Å². The Kier molecular flexibility index (Phi) is 4.66. The van der Waals surface area contributed by atoms with E-state index in [2.05, 4.69) is 11.9 Å². The van der Waals surface area contributed by atoms with Crippen molar-refractivity contribution in [2.24, 2.45) is 0 Å². The maximum absolute atomic E-state index is 11.0. The van der Waals surface area contributed by atoms with Gasteiger partial charge < -0.3 is 4.74 Å². The van der Waals surface area contributed by atoms with Gasteiger partial charge in [-0.2, -0.15) is 0 Å². The molecule has 0 unspecified atom stereocenters. The summed E-state index contributed by atoms with van der Waals surface area (Å²) < 4.78 is 4.78. The molecule has 0 aliphatic heterocycles. The largest absolute Gasteiger partial charge is 0.463 e. The molecule has 1 aliphatic rings. The lowest BCUT2D eigenvalue weighted by Crippen LogP contribution is -2.37. The number of hydrogen-bond acceptors (Lipinski definition) is 3. The van der Waals surface area contributed by atoms with Gasteiger partial charge in [-0.25, -0.2) is 4.79 Å². The third kappa shape index (κ3) is 3.50. The average molecular weight is 197 g/mol. The molecule has 0 saturated heterocycles. The van der Waals surface area contributed by atoms with Gasteiger partial charge in [0.25, 0.3) is 0 Å². The molecule has 1 fully saturated rings. The van der Waals surface area contributed by atoms with E-state index in [0.29, 0.717) is 6.61 Å². The minimum atomic E-state index is -0.241. The van der Waals surface area contributed by atoms with E-state index in [1.54, 1.807) is 0 Å². The van der Waals surface area contributed by atoms with Crippen molar-refractivity contribution in [1.82, 2.24) is 4.90 Å².